The van der Waals surface area contributed by atoms with Crippen LogP contribution in [-0.4, -0.2) is 52.8 Å². The molecule has 3 heterocycles. The molecule has 1 fully saturated rings. The standard InChI is InChI=1S/C11H14N5O2Se/c1-2-5-7(17)8(19)11(18-5)16-4-15-6-9(12)13-3-14-10(6)16/h3-5,7-8,11,17H,2H2,1H3,(H2,12,13,14)/t5-,7-,8-,11-/m1/s1. The summed E-state index contributed by atoms with van der Waals surface area (Å²) in [7, 11) is 0. The summed E-state index contributed by atoms with van der Waals surface area (Å²) >= 11 is 2.97. The second-order valence-electron chi connectivity index (χ2n) is 4.51. The van der Waals surface area contributed by atoms with Crippen molar-refractivity contribution in [2.24, 2.45) is 0 Å². The fourth-order valence-electron chi connectivity index (χ4n) is 2.34. The van der Waals surface area contributed by atoms with E-state index in [0.29, 0.717) is 17.0 Å². The summed E-state index contributed by atoms with van der Waals surface area (Å²) in [5, 5.41) is 10.1. The molecule has 8 heteroatoms. The van der Waals surface area contributed by atoms with Gasteiger partial charge >= 0.3 is 117 Å². The molecular formula is C11H14N5O2Se. The molecule has 101 valence electrons. The number of nitrogens with two attached hydrogens (primary N) is 1. The van der Waals surface area contributed by atoms with Crippen molar-refractivity contribution < 1.29 is 9.84 Å². The first-order chi connectivity index (χ1) is 9.13. The van der Waals surface area contributed by atoms with E-state index in [2.05, 4.69) is 31.0 Å². The Morgan fingerprint density at radius 3 is 2.95 bits per heavy atom. The maximum atomic E-state index is 10.1. The molecule has 0 saturated carbocycles. The molecular weight excluding hydrogens is 313 g/mol. The van der Waals surface area contributed by atoms with Crippen LogP contribution in [0.15, 0.2) is 12.7 Å². The van der Waals surface area contributed by atoms with Crippen LogP contribution < -0.4 is 5.73 Å². The number of aromatic nitrogens is 4. The first kappa shape index (κ1) is 12.8. The predicted octanol–water partition coefficient (Wildman–Crippen LogP) is 0.0338. The van der Waals surface area contributed by atoms with E-state index >= 15 is 0 Å². The van der Waals surface area contributed by atoms with Gasteiger partial charge in [-0.2, -0.15) is 0 Å². The Kier molecular flexibility index (Phi) is 3.18. The van der Waals surface area contributed by atoms with Gasteiger partial charge in [-0.05, 0) is 0 Å². The van der Waals surface area contributed by atoms with Crippen LogP contribution >= 0.6 is 0 Å². The summed E-state index contributed by atoms with van der Waals surface area (Å²) in [5.74, 6) is 0.339. The molecule has 1 aliphatic rings. The molecule has 0 aliphatic carbocycles. The third-order valence-corrected chi connectivity index (χ3v) is 4.45. The number of nitrogen functional groups attached to an aromatic ring is 1. The Morgan fingerprint density at radius 1 is 1.47 bits per heavy atom. The molecule has 0 spiro atoms. The number of ether oxygens (including phenoxy) is 1. The van der Waals surface area contributed by atoms with Crippen LogP contribution in [0.3, 0.4) is 0 Å². The molecule has 1 aliphatic heterocycles. The number of imidazole rings is 1. The van der Waals surface area contributed by atoms with E-state index in [9.17, 15) is 5.11 Å². The summed E-state index contributed by atoms with van der Waals surface area (Å²) < 4.78 is 7.65. The Labute approximate surface area is 118 Å². The van der Waals surface area contributed by atoms with E-state index in [4.69, 9.17) is 10.5 Å². The van der Waals surface area contributed by atoms with Crippen molar-refractivity contribution >= 4 is 33.0 Å². The summed E-state index contributed by atoms with van der Waals surface area (Å²) in [4.78, 5) is 12.2. The van der Waals surface area contributed by atoms with Gasteiger partial charge in [0, 0.05) is 0 Å². The van der Waals surface area contributed by atoms with Gasteiger partial charge in [-0.15, -0.1) is 0 Å². The van der Waals surface area contributed by atoms with Crippen molar-refractivity contribution in [2.75, 3.05) is 5.73 Å². The van der Waals surface area contributed by atoms with Gasteiger partial charge in [-0.25, -0.2) is 0 Å². The molecule has 7 nitrogen and oxygen atoms in total. The van der Waals surface area contributed by atoms with E-state index in [1.165, 1.54) is 6.33 Å². The van der Waals surface area contributed by atoms with Gasteiger partial charge in [0.15, 0.2) is 0 Å². The van der Waals surface area contributed by atoms with Crippen LogP contribution in [0.4, 0.5) is 5.82 Å². The number of anilines is 1. The molecule has 1 radical (unpaired) electrons. The predicted molar refractivity (Wildman–Crippen MR) is 69.4 cm³/mol. The van der Waals surface area contributed by atoms with E-state index in [-0.39, 0.29) is 17.1 Å². The van der Waals surface area contributed by atoms with E-state index in [0.717, 1.165) is 6.42 Å². The minimum absolute atomic E-state index is 0.154. The summed E-state index contributed by atoms with van der Waals surface area (Å²) in [6, 6.07) is 0. The average Bonchev–Trinajstić information content (AvgIpc) is 2.94. The topological polar surface area (TPSA) is 99.1 Å². The van der Waals surface area contributed by atoms with Gasteiger partial charge in [0.05, 0.1) is 0 Å². The Bertz CT molecular complexity index is 604. The number of hydrogen-bond acceptors (Lipinski definition) is 6. The van der Waals surface area contributed by atoms with Gasteiger partial charge in [-0.3, -0.25) is 0 Å². The van der Waals surface area contributed by atoms with Crippen LogP contribution in [0.2, 0.25) is 4.82 Å². The molecule has 3 rings (SSSR count). The SMILES string of the molecule is CC[C@H]1O[C@@H](n2cnc3c(N)ncnc32)[C@H]([Se])[C@@H]1O. The number of hydrogen-bond donors (Lipinski definition) is 2. The maximum absolute atomic E-state index is 10.1. The quantitative estimate of drug-likeness (QED) is 0.755. The van der Waals surface area contributed by atoms with E-state index in [1.807, 2.05) is 6.92 Å². The molecule has 2 aromatic rings. The number of aliphatic hydroxyl groups excluding tert-OH is 1. The average molecular weight is 327 g/mol. The van der Waals surface area contributed by atoms with Crippen molar-refractivity contribution in [2.45, 2.75) is 36.6 Å². The molecule has 4 atom stereocenters. The first-order valence-corrected chi connectivity index (χ1v) is 7.04. The summed E-state index contributed by atoms with van der Waals surface area (Å²) in [6.45, 7) is 1.98. The van der Waals surface area contributed by atoms with Gasteiger partial charge in [-0.1, -0.05) is 0 Å². The summed E-state index contributed by atoms with van der Waals surface area (Å²) in [5.41, 5.74) is 6.92. The zero-order chi connectivity index (χ0) is 13.6. The van der Waals surface area contributed by atoms with Crippen molar-refractivity contribution in [3.8, 4) is 0 Å². The Balaban J connectivity index is 2.04. The van der Waals surface area contributed by atoms with Crippen LogP contribution in [-0.2, 0) is 4.74 Å². The molecule has 3 N–H and O–H groups in total. The van der Waals surface area contributed by atoms with Crippen molar-refractivity contribution in [1.82, 2.24) is 19.5 Å². The number of rotatable bonds is 2. The third kappa shape index (κ3) is 1.92. The van der Waals surface area contributed by atoms with E-state index in [1.54, 1.807) is 10.9 Å². The number of fused-ring (bicyclic) bond motifs is 1. The molecule has 2 aromatic heterocycles. The first-order valence-electron chi connectivity index (χ1n) is 6.05. The fourth-order valence-corrected chi connectivity index (χ4v) is 3.11. The zero-order valence-electron chi connectivity index (χ0n) is 10.3. The molecule has 0 aromatic carbocycles. The number of nitrogens with zero attached hydrogens (tertiary/aromatic N) is 4. The van der Waals surface area contributed by atoms with Crippen molar-refractivity contribution in [3.63, 3.8) is 0 Å². The van der Waals surface area contributed by atoms with E-state index < -0.39 is 6.10 Å². The normalized spacial score (nSPS) is 31.1. The second kappa shape index (κ2) is 4.72. The van der Waals surface area contributed by atoms with Crippen molar-refractivity contribution in [1.29, 1.82) is 0 Å². The molecule has 19 heavy (non-hydrogen) atoms. The molecule has 0 bridgehead atoms. The van der Waals surface area contributed by atoms with Crippen LogP contribution in [0.25, 0.3) is 11.2 Å². The molecule has 1 saturated heterocycles. The minimum atomic E-state index is -0.536. The van der Waals surface area contributed by atoms with Crippen LogP contribution in [0.5, 0.6) is 0 Å². The van der Waals surface area contributed by atoms with Gasteiger partial charge in [0.2, 0.25) is 0 Å². The fraction of sp³-hybridized carbons (Fsp3) is 0.545. The summed E-state index contributed by atoms with van der Waals surface area (Å²) in [6.07, 6.45) is 2.71. The molecule has 0 amide bonds. The number of aliphatic hydroxyl groups is 1. The zero-order valence-corrected chi connectivity index (χ0v) is 12.0. The van der Waals surface area contributed by atoms with Gasteiger partial charge in [0.25, 0.3) is 0 Å². The van der Waals surface area contributed by atoms with Crippen molar-refractivity contribution in [3.05, 3.63) is 12.7 Å². The van der Waals surface area contributed by atoms with Crippen LogP contribution in [0, 0.1) is 0 Å². The van der Waals surface area contributed by atoms with Crippen LogP contribution in [0.1, 0.15) is 19.6 Å². The van der Waals surface area contributed by atoms with Gasteiger partial charge in [0.1, 0.15) is 0 Å². The third-order valence-electron chi connectivity index (χ3n) is 3.38. The Morgan fingerprint density at radius 2 is 2.26 bits per heavy atom. The molecule has 0 unspecified atom stereocenters. The van der Waals surface area contributed by atoms with Gasteiger partial charge < -0.3 is 0 Å². The Hall–Kier alpha value is -1.21. The monoisotopic (exact) mass is 328 g/mol. The second-order valence-corrected chi connectivity index (χ2v) is 5.65.